The molecule has 1 aromatic carbocycles. The second-order valence-corrected chi connectivity index (χ2v) is 4.23. The molecule has 0 aromatic heterocycles. The summed E-state index contributed by atoms with van der Waals surface area (Å²) in [7, 11) is 1.22. The standard InChI is InChI=1S/C13H14ClFO3/c1-3-8(13(17)18-2)12(16)7-9-10(14)5-4-6-11(9)15/h4-6,8H,3,7H2,1-2H3. The van der Waals surface area contributed by atoms with Crippen LogP contribution in [0.25, 0.3) is 0 Å². The van der Waals surface area contributed by atoms with Gasteiger partial charge in [0.2, 0.25) is 0 Å². The van der Waals surface area contributed by atoms with Crippen molar-refractivity contribution in [2.75, 3.05) is 7.11 Å². The fourth-order valence-corrected chi connectivity index (χ4v) is 1.90. The molecule has 1 unspecified atom stereocenters. The minimum Gasteiger partial charge on any atom is -0.468 e. The van der Waals surface area contributed by atoms with E-state index in [0.29, 0.717) is 6.42 Å². The van der Waals surface area contributed by atoms with Crippen molar-refractivity contribution in [3.8, 4) is 0 Å². The molecule has 0 fully saturated rings. The average molecular weight is 273 g/mol. The van der Waals surface area contributed by atoms with E-state index in [1.807, 2.05) is 0 Å². The Hall–Kier alpha value is -1.42. The maximum absolute atomic E-state index is 13.5. The number of hydrogen-bond acceptors (Lipinski definition) is 3. The predicted octanol–water partition coefficient (Wildman–Crippen LogP) is 2.79. The third kappa shape index (κ3) is 3.29. The number of esters is 1. The van der Waals surface area contributed by atoms with Gasteiger partial charge in [-0.2, -0.15) is 0 Å². The highest BCUT2D eigenvalue weighted by Crippen LogP contribution is 2.21. The van der Waals surface area contributed by atoms with E-state index in [-0.39, 0.29) is 17.0 Å². The van der Waals surface area contributed by atoms with E-state index < -0.39 is 23.5 Å². The molecule has 0 aliphatic rings. The molecule has 0 bridgehead atoms. The zero-order valence-electron chi connectivity index (χ0n) is 10.2. The second kappa shape index (κ2) is 6.50. The Kier molecular flexibility index (Phi) is 5.28. The molecule has 0 aliphatic carbocycles. The van der Waals surface area contributed by atoms with Crippen LogP contribution in [0.5, 0.6) is 0 Å². The van der Waals surface area contributed by atoms with Crippen LogP contribution in [-0.2, 0) is 20.7 Å². The Morgan fingerprint density at radius 1 is 1.44 bits per heavy atom. The van der Waals surface area contributed by atoms with E-state index in [1.54, 1.807) is 6.92 Å². The Balaban J connectivity index is 2.90. The summed E-state index contributed by atoms with van der Waals surface area (Å²) in [6, 6.07) is 4.20. The van der Waals surface area contributed by atoms with Gasteiger partial charge in [-0.25, -0.2) is 4.39 Å². The normalized spacial score (nSPS) is 12.0. The van der Waals surface area contributed by atoms with Gasteiger partial charge in [-0.1, -0.05) is 24.6 Å². The molecule has 1 atom stereocenters. The first-order valence-electron chi connectivity index (χ1n) is 5.54. The molecule has 0 amide bonds. The number of methoxy groups -OCH3 is 1. The smallest absolute Gasteiger partial charge is 0.316 e. The van der Waals surface area contributed by atoms with Gasteiger partial charge in [-0.3, -0.25) is 9.59 Å². The largest absolute Gasteiger partial charge is 0.468 e. The molecule has 0 aliphatic heterocycles. The lowest BCUT2D eigenvalue weighted by Gasteiger charge is -2.12. The first-order chi connectivity index (χ1) is 8.51. The van der Waals surface area contributed by atoms with Crippen molar-refractivity contribution in [2.24, 2.45) is 5.92 Å². The van der Waals surface area contributed by atoms with Crippen LogP contribution in [0, 0.1) is 11.7 Å². The van der Waals surface area contributed by atoms with Crippen LogP contribution in [-0.4, -0.2) is 18.9 Å². The molecule has 0 heterocycles. The number of ether oxygens (including phenoxy) is 1. The van der Waals surface area contributed by atoms with E-state index in [1.165, 1.54) is 25.3 Å². The van der Waals surface area contributed by atoms with Crippen molar-refractivity contribution in [1.29, 1.82) is 0 Å². The molecule has 1 aromatic rings. The highest BCUT2D eigenvalue weighted by Gasteiger charge is 2.26. The zero-order valence-corrected chi connectivity index (χ0v) is 11.0. The monoisotopic (exact) mass is 272 g/mol. The van der Waals surface area contributed by atoms with Crippen molar-refractivity contribution in [3.05, 3.63) is 34.6 Å². The van der Waals surface area contributed by atoms with Crippen LogP contribution in [0.1, 0.15) is 18.9 Å². The summed E-state index contributed by atoms with van der Waals surface area (Å²) in [6.45, 7) is 1.70. The molecule has 0 saturated carbocycles. The lowest BCUT2D eigenvalue weighted by molar-refractivity contribution is -0.149. The third-order valence-electron chi connectivity index (χ3n) is 2.70. The van der Waals surface area contributed by atoms with Crippen molar-refractivity contribution in [1.82, 2.24) is 0 Å². The molecule has 0 radical (unpaired) electrons. The molecule has 1 rings (SSSR count). The van der Waals surface area contributed by atoms with Gasteiger partial charge >= 0.3 is 5.97 Å². The zero-order chi connectivity index (χ0) is 13.7. The van der Waals surface area contributed by atoms with Gasteiger partial charge in [0.1, 0.15) is 11.7 Å². The van der Waals surface area contributed by atoms with Crippen molar-refractivity contribution < 1.29 is 18.7 Å². The highest BCUT2D eigenvalue weighted by molar-refractivity contribution is 6.31. The molecular formula is C13H14ClFO3. The van der Waals surface area contributed by atoms with Gasteiger partial charge in [-0.05, 0) is 18.6 Å². The minimum absolute atomic E-state index is 0.117. The number of rotatable bonds is 5. The number of Topliss-reactive ketones (excluding diaryl/α,β-unsaturated/α-hetero) is 1. The quantitative estimate of drug-likeness (QED) is 0.611. The maximum Gasteiger partial charge on any atom is 0.316 e. The summed E-state index contributed by atoms with van der Waals surface area (Å²) in [6.07, 6.45) is 0.108. The van der Waals surface area contributed by atoms with Gasteiger partial charge in [-0.15, -0.1) is 0 Å². The van der Waals surface area contributed by atoms with Crippen LogP contribution < -0.4 is 0 Å². The second-order valence-electron chi connectivity index (χ2n) is 3.83. The predicted molar refractivity (Wildman–Crippen MR) is 65.9 cm³/mol. The van der Waals surface area contributed by atoms with E-state index in [4.69, 9.17) is 11.6 Å². The van der Waals surface area contributed by atoms with Crippen LogP contribution in [0.3, 0.4) is 0 Å². The maximum atomic E-state index is 13.5. The number of carbonyl (C=O) groups is 2. The van der Waals surface area contributed by atoms with E-state index in [9.17, 15) is 14.0 Å². The lowest BCUT2D eigenvalue weighted by Crippen LogP contribution is -2.26. The number of benzene rings is 1. The van der Waals surface area contributed by atoms with Crippen molar-refractivity contribution >= 4 is 23.4 Å². The van der Waals surface area contributed by atoms with E-state index in [2.05, 4.69) is 4.74 Å². The Morgan fingerprint density at radius 3 is 2.61 bits per heavy atom. The Morgan fingerprint density at radius 2 is 2.11 bits per heavy atom. The molecule has 98 valence electrons. The number of hydrogen-bond donors (Lipinski definition) is 0. The third-order valence-corrected chi connectivity index (χ3v) is 3.05. The highest BCUT2D eigenvalue weighted by atomic mass is 35.5. The molecule has 18 heavy (non-hydrogen) atoms. The van der Waals surface area contributed by atoms with Gasteiger partial charge in [0, 0.05) is 17.0 Å². The molecule has 0 N–H and O–H groups in total. The summed E-state index contributed by atoms with van der Waals surface area (Å²) >= 11 is 5.83. The summed E-state index contributed by atoms with van der Waals surface area (Å²) in [5.74, 6) is -2.41. The number of carbonyl (C=O) groups excluding carboxylic acids is 2. The lowest BCUT2D eigenvalue weighted by atomic mass is 9.95. The molecule has 3 nitrogen and oxygen atoms in total. The first-order valence-corrected chi connectivity index (χ1v) is 5.92. The molecule has 0 saturated heterocycles. The Labute approximate surface area is 110 Å². The van der Waals surface area contributed by atoms with Crippen LogP contribution in [0.2, 0.25) is 5.02 Å². The first kappa shape index (κ1) is 14.6. The van der Waals surface area contributed by atoms with Crippen LogP contribution in [0.4, 0.5) is 4.39 Å². The topological polar surface area (TPSA) is 43.4 Å². The minimum atomic E-state index is -0.870. The summed E-state index contributed by atoms with van der Waals surface area (Å²) < 4.78 is 18.0. The molecular weight excluding hydrogens is 259 g/mol. The van der Waals surface area contributed by atoms with E-state index >= 15 is 0 Å². The number of halogens is 2. The summed E-state index contributed by atoms with van der Waals surface area (Å²) in [5.41, 5.74) is 0.117. The van der Waals surface area contributed by atoms with Gasteiger partial charge in [0.15, 0.2) is 5.78 Å². The summed E-state index contributed by atoms with van der Waals surface area (Å²) in [4.78, 5) is 23.3. The summed E-state index contributed by atoms with van der Waals surface area (Å²) in [5, 5.41) is 0.183. The van der Waals surface area contributed by atoms with Crippen LogP contribution in [0.15, 0.2) is 18.2 Å². The average Bonchev–Trinajstić information content (AvgIpc) is 2.34. The van der Waals surface area contributed by atoms with Crippen LogP contribution >= 0.6 is 11.6 Å². The van der Waals surface area contributed by atoms with Gasteiger partial charge in [0.05, 0.1) is 7.11 Å². The van der Waals surface area contributed by atoms with Gasteiger partial charge < -0.3 is 4.74 Å². The SMILES string of the molecule is CCC(C(=O)Cc1c(F)cccc1Cl)C(=O)OC. The van der Waals surface area contributed by atoms with Crippen molar-refractivity contribution in [2.45, 2.75) is 19.8 Å². The fraction of sp³-hybridized carbons (Fsp3) is 0.385. The fourth-order valence-electron chi connectivity index (χ4n) is 1.67. The number of ketones is 1. The van der Waals surface area contributed by atoms with Gasteiger partial charge in [0.25, 0.3) is 0 Å². The molecule has 5 heteroatoms. The van der Waals surface area contributed by atoms with Crippen molar-refractivity contribution in [3.63, 3.8) is 0 Å². The molecule has 0 spiro atoms. The Bertz CT molecular complexity index is 439. The van der Waals surface area contributed by atoms with E-state index in [0.717, 1.165) is 0 Å².